The maximum absolute atomic E-state index is 11.3. The highest BCUT2D eigenvalue weighted by molar-refractivity contribution is 7.92. The first kappa shape index (κ1) is 18.3. The quantitative estimate of drug-likeness (QED) is 0.833. The van der Waals surface area contributed by atoms with Crippen LogP contribution in [0.25, 0.3) is 0 Å². The zero-order valence-corrected chi connectivity index (χ0v) is 12.6. The molecule has 0 unspecified atom stereocenters. The standard InChI is InChI=1S/C9H13NO2S.2C2H6/c1-3-10(13(2,11)12)9-7-5-4-6-8-9;2*1-2/h4-8H,3H2,1-2H3;2*1-2H3. The van der Waals surface area contributed by atoms with E-state index in [4.69, 9.17) is 0 Å². The Morgan fingerprint density at radius 3 is 1.71 bits per heavy atom. The lowest BCUT2D eigenvalue weighted by atomic mass is 10.3. The predicted molar refractivity (Wildman–Crippen MR) is 77.0 cm³/mol. The summed E-state index contributed by atoms with van der Waals surface area (Å²) in [6.45, 7) is 10.3. The smallest absolute Gasteiger partial charge is 0.232 e. The third-order valence-electron chi connectivity index (χ3n) is 1.73. The summed E-state index contributed by atoms with van der Waals surface area (Å²) in [5.41, 5.74) is 0.715. The van der Waals surface area contributed by atoms with E-state index in [-0.39, 0.29) is 0 Å². The van der Waals surface area contributed by atoms with E-state index in [1.807, 2.05) is 52.8 Å². The topological polar surface area (TPSA) is 37.4 Å². The van der Waals surface area contributed by atoms with Crippen LogP contribution in [0.3, 0.4) is 0 Å². The number of benzene rings is 1. The Labute approximate surface area is 107 Å². The first-order valence-electron chi connectivity index (χ1n) is 6.08. The van der Waals surface area contributed by atoms with Crippen LogP contribution in [0, 0.1) is 0 Å². The Morgan fingerprint density at radius 1 is 1.00 bits per heavy atom. The molecule has 0 atom stereocenters. The molecule has 0 aromatic heterocycles. The fourth-order valence-corrected chi connectivity index (χ4v) is 2.18. The predicted octanol–water partition coefficient (Wildman–Crippen LogP) is 3.52. The lowest BCUT2D eigenvalue weighted by molar-refractivity contribution is 0.598. The zero-order valence-electron chi connectivity index (χ0n) is 11.8. The average molecular weight is 259 g/mol. The summed E-state index contributed by atoms with van der Waals surface area (Å²) in [5.74, 6) is 0. The molecule has 3 nitrogen and oxygen atoms in total. The summed E-state index contributed by atoms with van der Waals surface area (Å²) in [6.07, 6.45) is 1.21. The van der Waals surface area contributed by atoms with Crippen LogP contribution >= 0.6 is 0 Å². The van der Waals surface area contributed by atoms with Gasteiger partial charge in [-0.05, 0) is 19.1 Å². The molecule has 17 heavy (non-hydrogen) atoms. The van der Waals surface area contributed by atoms with Crippen LogP contribution in [0.15, 0.2) is 30.3 Å². The molecule has 100 valence electrons. The van der Waals surface area contributed by atoms with E-state index in [9.17, 15) is 8.42 Å². The molecular formula is C13H25NO2S. The summed E-state index contributed by atoms with van der Waals surface area (Å²) < 4.78 is 23.9. The van der Waals surface area contributed by atoms with Gasteiger partial charge in [-0.2, -0.15) is 0 Å². The molecule has 0 aliphatic rings. The lowest BCUT2D eigenvalue weighted by Crippen LogP contribution is -2.29. The average Bonchev–Trinajstić information content (AvgIpc) is 2.35. The molecule has 0 bridgehead atoms. The van der Waals surface area contributed by atoms with Crippen LogP contribution in [0.5, 0.6) is 0 Å². The van der Waals surface area contributed by atoms with E-state index in [1.165, 1.54) is 10.6 Å². The first-order chi connectivity index (χ1) is 8.05. The second-order valence-electron chi connectivity index (χ2n) is 2.76. The van der Waals surface area contributed by atoms with Crippen LogP contribution in [-0.2, 0) is 10.0 Å². The fraction of sp³-hybridized carbons (Fsp3) is 0.538. The normalized spacial score (nSPS) is 9.29. The van der Waals surface area contributed by atoms with Crippen molar-refractivity contribution < 1.29 is 8.42 Å². The molecular weight excluding hydrogens is 234 g/mol. The van der Waals surface area contributed by atoms with E-state index in [1.54, 1.807) is 12.1 Å². The van der Waals surface area contributed by atoms with Crippen LogP contribution < -0.4 is 4.31 Å². The second kappa shape index (κ2) is 10.1. The van der Waals surface area contributed by atoms with Crippen LogP contribution in [0.4, 0.5) is 5.69 Å². The molecule has 1 aromatic carbocycles. The van der Waals surface area contributed by atoms with E-state index < -0.39 is 10.0 Å². The van der Waals surface area contributed by atoms with Gasteiger partial charge in [-0.15, -0.1) is 0 Å². The van der Waals surface area contributed by atoms with Gasteiger partial charge in [-0.25, -0.2) is 8.42 Å². The molecule has 0 saturated carbocycles. The van der Waals surface area contributed by atoms with Crippen molar-refractivity contribution in [2.75, 3.05) is 17.1 Å². The van der Waals surface area contributed by atoms with Crippen LogP contribution in [-0.4, -0.2) is 21.2 Å². The van der Waals surface area contributed by atoms with Gasteiger partial charge in [-0.3, -0.25) is 4.31 Å². The van der Waals surface area contributed by atoms with Crippen molar-refractivity contribution in [1.82, 2.24) is 0 Å². The number of rotatable bonds is 3. The van der Waals surface area contributed by atoms with E-state index in [2.05, 4.69) is 0 Å². The zero-order chi connectivity index (χ0) is 13.9. The second-order valence-corrected chi connectivity index (χ2v) is 4.67. The van der Waals surface area contributed by atoms with Crippen molar-refractivity contribution in [1.29, 1.82) is 0 Å². The number of sulfonamides is 1. The minimum Gasteiger partial charge on any atom is -0.271 e. The molecule has 1 aromatic rings. The maximum Gasteiger partial charge on any atom is 0.232 e. The summed E-state index contributed by atoms with van der Waals surface area (Å²) in [7, 11) is -3.13. The van der Waals surface area contributed by atoms with Gasteiger partial charge in [0.15, 0.2) is 0 Å². The third kappa shape index (κ3) is 7.00. The van der Waals surface area contributed by atoms with Gasteiger partial charge in [0.2, 0.25) is 10.0 Å². The SMILES string of the molecule is CC.CC.CCN(c1ccccc1)S(C)(=O)=O. The largest absolute Gasteiger partial charge is 0.271 e. The highest BCUT2D eigenvalue weighted by Crippen LogP contribution is 2.15. The Balaban J connectivity index is 0. The molecule has 1 rings (SSSR count). The van der Waals surface area contributed by atoms with Crippen molar-refractivity contribution in [3.8, 4) is 0 Å². The van der Waals surface area contributed by atoms with Gasteiger partial charge in [0, 0.05) is 6.54 Å². The Bertz CT molecular complexity index is 360. The molecule has 0 spiro atoms. The number of nitrogens with zero attached hydrogens (tertiary/aromatic N) is 1. The number of hydrogen-bond donors (Lipinski definition) is 0. The van der Waals surface area contributed by atoms with Crippen molar-refractivity contribution in [3.05, 3.63) is 30.3 Å². The number of hydrogen-bond acceptors (Lipinski definition) is 2. The Kier molecular flexibility index (Phi) is 10.9. The highest BCUT2D eigenvalue weighted by Gasteiger charge is 2.13. The van der Waals surface area contributed by atoms with Crippen molar-refractivity contribution in [2.24, 2.45) is 0 Å². The summed E-state index contributed by atoms with van der Waals surface area (Å²) in [4.78, 5) is 0. The van der Waals surface area contributed by atoms with Gasteiger partial charge in [0.05, 0.1) is 11.9 Å². The lowest BCUT2D eigenvalue weighted by Gasteiger charge is -2.19. The molecule has 0 aliphatic carbocycles. The third-order valence-corrected chi connectivity index (χ3v) is 3.00. The molecule has 0 fully saturated rings. The van der Waals surface area contributed by atoms with Gasteiger partial charge in [0.25, 0.3) is 0 Å². The molecule has 0 saturated heterocycles. The minimum absolute atomic E-state index is 0.461. The van der Waals surface area contributed by atoms with Crippen LogP contribution in [0.2, 0.25) is 0 Å². The minimum atomic E-state index is -3.13. The van der Waals surface area contributed by atoms with Crippen molar-refractivity contribution >= 4 is 15.7 Å². The van der Waals surface area contributed by atoms with Crippen molar-refractivity contribution in [2.45, 2.75) is 34.6 Å². The molecule has 0 aliphatic heterocycles. The van der Waals surface area contributed by atoms with Crippen LogP contribution in [0.1, 0.15) is 34.6 Å². The Morgan fingerprint density at radius 2 is 1.41 bits per heavy atom. The maximum atomic E-state index is 11.3. The molecule has 0 amide bonds. The number of anilines is 1. The van der Waals surface area contributed by atoms with E-state index >= 15 is 0 Å². The fourth-order valence-electron chi connectivity index (χ4n) is 1.20. The summed E-state index contributed by atoms with van der Waals surface area (Å²) in [6, 6.07) is 9.07. The molecule has 0 N–H and O–H groups in total. The van der Waals surface area contributed by atoms with Crippen molar-refractivity contribution in [3.63, 3.8) is 0 Å². The highest BCUT2D eigenvalue weighted by atomic mass is 32.2. The Hall–Kier alpha value is -1.03. The van der Waals surface area contributed by atoms with Gasteiger partial charge in [-0.1, -0.05) is 45.9 Å². The monoisotopic (exact) mass is 259 g/mol. The summed E-state index contributed by atoms with van der Waals surface area (Å²) in [5, 5.41) is 0. The molecule has 0 radical (unpaired) electrons. The van der Waals surface area contributed by atoms with Gasteiger partial charge < -0.3 is 0 Å². The van der Waals surface area contributed by atoms with Gasteiger partial charge in [0.1, 0.15) is 0 Å². The van der Waals surface area contributed by atoms with E-state index in [0.717, 1.165) is 0 Å². The number of para-hydroxylation sites is 1. The van der Waals surface area contributed by atoms with E-state index in [0.29, 0.717) is 12.2 Å². The molecule has 0 heterocycles. The van der Waals surface area contributed by atoms with Gasteiger partial charge >= 0.3 is 0 Å². The summed E-state index contributed by atoms with van der Waals surface area (Å²) >= 11 is 0. The molecule has 4 heteroatoms. The first-order valence-corrected chi connectivity index (χ1v) is 7.93.